The quantitative estimate of drug-likeness (QED) is 0.846. The van der Waals surface area contributed by atoms with E-state index in [1.165, 1.54) is 0 Å². The summed E-state index contributed by atoms with van der Waals surface area (Å²) in [6.07, 6.45) is 3.79. The Morgan fingerprint density at radius 2 is 2.00 bits per heavy atom. The molecule has 1 aliphatic heterocycles. The monoisotopic (exact) mass is 257 g/mol. The summed E-state index contributed by atoms with van der Waals surface area (Å²) in [5.41, 5.74) is 7.70. The van der Waals surface area contributed by atoms with Crippen LogP contribution in [0.4, 0.5) is 0 Å². The normalized spacial score (nSPS) is 17.1. The average Bonchev–Trinajstić information content (AvgIpc) is 2.81. The summed E-state index contributed by atoms with van der Waals surface area (Å²) >= 11 is 0. The number of nitrogens with two attached hydrogens (primary N) is 1. The van der Waals surface area contributed by atoms with Gasteiger partial charge in [-0.25, -0.2) is 0 Å². The van der Waals surface area contributed by atoms with Crippen LogP contribution in [0.3, 0.4) is 0 Å². The Kier molecular flexibility index (Phi) is 3.03. The Hall–Kier alpha value is -1.81. The van der Waals surface area contributed by atoms with E-state index in [-0.39, 0.29) is 11.9 Å². The maximum Gasteiger partial charge on any atom is 0.255 e. The smallest absolute Gasteiger partial charge is 0.255 e. The second-order valence-corrected chi connectivity index (χ2v) is 5.30. The molecule has 0 saturated carbocycles. The zero-order valence-corrected chi connectivity index (χ0v) is 11.2. The molecule has 1 aliphatic rings. The molecule has 0 unspecified atom stereocenters. The van der Waals surface area contributed by atoms with E-state index in [1.807, 2.05) is 47.0 Å². The highest BCUT2D eigenvalue weighted by Gasteiger charge is 2.23. The molecule has 0 spiro atoms. The van der Waals surface area contributed by atoms with Crippen LogP contribution in [0.1, 0.15) is 23.2 Å². The number of likely N-dealkylation sites (tertiary alicyclic amines) is 1. The number of carbonyl (C=O) groups excluding carboxylic acids is 1. The highest BCUT2D eigenvalue weighted by molar-refractivity contribution is 6.06. The zero-order chi connectivity index (χ0) is 13.4. The van der Waals surface area contributed by atoms with Gasteiger partial charge in [0.2, 0.25) is 0 Å². The fraction of sp³-hybridized carbons (Fsp3) is 0.400. The Morgan fingerprint density at radius 3 is 2.74 bits per heavy atom. The van der Waals surface area contributed by atoms with Crippen molar-refractivity contribution in [1.29, 1.82) is 0 Å². The van der Waals surface area contributed by atoms with Crippen molar-refractivity contribution >= 4 is 16.8 Å². The molecule has 1 saturated heterocycles. The topological polar surface area (TPSA) is 51.3 Å². The van der Waals surface area contributed by atoms with Crippen LogP contribution in [-0.4, -0.2) is 34.5 Å². The Balaban J connectivity index is 1.95. The van der Waals surface area contributed by atoms with Crippen molar-refractivity contribution < 1.29 is 4.79 Å². The Labute approximate surface area is 112 Å². The van der Waals surface area contributed by atoms with Gasteiger partial charge in [-0.05, 0) is 25.0 Å². The van der Waals surface area contributed by atoms with Crippen molar-refractivity contribution in [2.24, 2.45) is 12.8 Å². The summed E-state index contributed by atoms with van der Waals surface area (Å²) < 4.78 is 2.01. The van der Waals surface area contributed by atoms with Gasteiger partial charge in [-0.1, -0.05) is 12.1 Å². The standard InChI is InChI=1S/C15H19N3O/c1-17-8-5-11-3-2-4-13(14(11)17)15(19)18-9-6-12(16)7-10-18/h2-5,8,12H,6-7,9-10,16H2,1H3. The SMILES string of the molecule is Cn1ccc2cccc(C(=O)N3CCC(N)CC3)c21. The van der Waals surface area contributed by atoms with Crippen molar-refractivity contribution in [2.45, 2.75) is 18.9 Å². The number of rotatable bonds is 1. The molecule has 100 valence electrons. The highest BCUT2D eigenvalue weighted by atomic mass is 16.2. The molecule has 0 atom stereocenters. The lowest BCUT2D eigenvalue weighted by molar-refractivity contribution is 0.0716. The third kappa shape index (κ3) is 2.12. The molecule has 4 heteroatoms. The molecule has 4 nitrogen and oxygen atoms in total. The second kappa shape index (κ2) is 4.70. The first-order valence-electron chi connectivity index (χ1n) is 6.76. The summed E-state index contributed by atoms with van der Waals surface area (Å²) in [6, 6.07) is 8.19. The minimum absolute atomic E-state index is 0.124. The van der Waals surface area contributed by atoms with E-state index in [9.17, 15) is 4.79 Å². The van der Waals surface area contributed by atoms with Gasteiger partial charge in [0.1, 0.15) is 0 Å². The first-order valence-corrected chi connectivity index (χ1v) is 6.76. The summed E-state index contributed by atoms with van der Waals surface area (Å²) in [7, 11) is 1.98. The molecule has 0 aliphatic carbocycles. The predicted octanol–water partition coefficient (Wildman–Crippen LogP) is 1.74. The van der Waals surface area contributed by atoms with Crippen LogP contribution in [0.5, 0.6) is 0 Å². The van der Waals surface area contributed by atoms with Crippen LogP contribution < -0.4 is 5.73 Å². The van der Waals surface area contributed by atoms with Gasteiger partial charge in [-0.15, -0.1) is 0 Å². The average molecular weight is 257 g/mol. The Morgan fingerprint density at radius 1 is 1.26 bits per heavy atom. The van der Waals surface area contributed by atoms with E-state index in [0.29, 0.717) is 0 Å². The minimum atomic E-state index is 0.124. The number of hydrogen-bond acceptors (Lipinski definition) is 2. The molecule has 2 heterocycles. The molecule has 3 rings (SSSR count). The molecule has 0 radical (unpaired) electrons. The number of benzene rings is 1. The minimum Gasteiger partial charge on any atom is -0.350 e. The highest BCUT2D eigenvalue weighted by Crippen LogP contribution is 2.22. The lowest BCUT2D eigenvalue weighted by Gasteiger charge is -2.30. The van der Waals surface area contributed by atoms with E-state index < -0.39 is 0 Å². The number of carbonyl (C=O) groups is 1. The van der Waals surface area contributed by atoms with E-state index in [2.05, 4.69) is 0 Å². The summed E-state index contributed by atoms with van der Waals surface area (Å²) in [5.74, 6) is 0.124. The van der Waals surface area contributed by atoms with Gasteiger partial charge in [0.25, 0.3) is 5.91 Å². The second-order valence-electron chi connectivity index (χ2n) is 5.30. The number of amides is 1. The number of piperidine rings is 1. The maximum absolute atomic E-state index is 12.6. The van der Waals surface area contributed by atoms with Gasteiger partial charge in [0.05, 0.1) is 11.1 Å². The molecule has 1 amide bonds. The van der Waals surface area contributed by atoms with Gasteiger partial charge >= 0.3 is 0 Å². The number of aromatic nitrogens is 1. The maximum atomic E-state index is 12.6. The number of para-hydroxylation sites is 1. The molecule has 2 aromatic rings. The zero-order valence-electron chi connectivity index (χ0n) is 11.2. The van der Waals surface area contributed by atoms with Gasteiger partial charge in [-0.3, -0.25) is 4.79 Å². The van der Waals surface area contributed by atoms with Crippen LogP contribution in [0.25, 0.3) is 10.9 Å². The third-order valence-corrected chi connectivity index (χ3v) is 3.95. The van der Waals surface area contributed by atoms with Crippen LogP contribution >= 0.6 is 0 Å². The number of nitrogens with zero attached hydrogens (tertiary/aromatic N) is 2. The van der Waals surface area contributed by atoms with Crippen molar-refractivity contribution in [1.82, 2.24) is 9.47 Å². The number of aryl methyl sites for hydroxylation is 1. The molecule has 1 fully saturated rings. The molecule has 1 aromatic heterocycles. The molecule has 19 heavy (non-hydrogen) atoms. The molecule has 2 N–H and O–H groups in total. The molecular formula is C15H19N3O. The van der Waals surface area contributed by atoms with Crippen molar-refractivity contribution in [3.63, 3.8) is 0 Å². The lowest BCUT2D eigenvalue weighted by atomic mass is 10.0. The Bertz CT molecular complexity index is 609. The summed E-state index contributed by atoms with van der Waals surface area (Å²) in [4.78, 5) is 14.6. The molecule has 0 bridgehead atoms. The van der Waals surface area contributed by atoms with Crippen LogP contribution in [0.2, 0.25) is 0 Å². The first-order chi connectivity index (χ1) is 9.16. The lowest BCUT2D eigenvalue weighted by Crippen LogP contribution is -2.42. The summed E-state index contributed by atoms with van der Waals surface area (Å²) in [6.45, 7) is 1.53. The third-order valence-electron chi connectivity index (χ3n) is 3.95. The summed E-state index contributed by atoms with van der Waals surface area (Å²) in [5, 5.41) is 1.11. The van der Waals surface area contributed by atoms with Gasteiger partial charge in [-0.2, -0.15) is 0 Å². The van der Waals surface area contributed by atoms with E-state index in [0.717, 1.165) is 42.4 Å². The van der Waals surface area contributed by atoms with Crippen molar-refractivity contribution in [2.75, 3.05) is 13.1 Å². The number of fused-ring (bicyclic) bond motifs is 1. The van der Waals surface area contributed by atoms with Crippen LogP contribution in [0, 0.1) is 0 Å². The van der Waals surface area contributed by atoms with Gasteiger partial charge in [0, 0.05) is 37.8 Å². The van der Waals surface area contributed by atoms with Gasteiger partial charge < -0.3 is 15.2 Å². The van der Waals surface area contributed by atoms with Crippen LogP contribution in [-0.2, 0) is 7.05 Å². The first kappa shape index (κ1) is 12.2. The van der Waals surface area contributed by atoms with Crippen LogP contribution in [0.15, 0.2) is 30.5 Å². The molecular weight excluding hydrogens is 238 g/mol. The van der Waals surface area contributed by atoms with E-state index in [1.54, 1.807) is 0 Å². The number of hydrogen-bond donors (Lipinski definition) is 1. The van der Waals surface area contributed by atoms with E-state index >= 15 is 0 Å². The molecule has 1 aromatic carbocycles. The van der Waals surface area contributed by atoms with Crippen molar-refractivity contribution in [3.05, 3.63) is 36.0 Å². The fourth-order valence-electron chi connectivity index (χ4n) is 2.80. The van der Waals surface area contributed by atoms with E-state index in [4.69, 9.17) is 5.73 Å². The predicted molar refractivity (Wildman–Crippen MR) is 76.0 cm³/mol. The van der Waals surface area contributed by atoms with Crippen molar-refractivity contribution in [3.8, 4) is 0 Å². The largest absolute Gasteiger partial charge is 0.350 e. The fourth-order valence-corrected chi connectivity index (χ4v) is 2.80. The van der Waals surface area contributed by atoms with Gasteiger partial charge in [0.15, 0.2) is 0 Å².